The van der Waals surface area contributed by atoms with E-state index in [1.165, 1.54) is 0 Å². The summed E-state index contributed by atoms with van der Waals surface area (Å²) >= 11 is 0. The van der Waals surface area contributed by atoms with Crippen molar-refractivity contribution in [1.82, 2.24) is 20.2 Å². The van der Waals surface area contributed by atoms with Gasteiger partial charge in [0, 0.05) is 11.3 Å². The van der Waals surface area contributed by atoms with E-state index in [0.717, 1.165) is 5.56 Å². The van der Waals surface area contributed by atoms with Crippen molar-refractivity contribution in [1.29, 1.82) is 0 Å². The summed E-state index contributed by atoms with van der Waals surface area (Å²) in [4.78, 5) is 23.6. The van der Waals surface area contributed by atoms with Gasteiger partial charge in [-0.25, -0.2) is 9.48 Å². The molecule has 26 heavy (non-hydrogen) atoms. The van der Waals surface area contributed by atoms with Crippen LogP contribution in [0.25, 0.3) is 11.4 Å². The molecule has 9 heteroatoms. The van der Waals surface area contributed by atoms with Gasteiger partial charge in [0.05, 0.1) is 6.04 Å². The molecular formula is C17H21N5O4. The lowest BCUT2D eigenvalue weighted by atomic mass is 10.0. The van der Waals surface area contributed by atoms with E-state index >= 15 is 0 Å². The molecule has 0 bridgehead atoms. The third kappa shape index (κ3) is 3.57. The van der Waals surface area contributed by atoms with Crippen LogP contribution >= 0.6 is 0 Å². The summed E-state index contributed by atoms with van der Waals surface area (Å²) in [6.07, 6.45) is -1.36. The van der Waals surface area contributed by atoms with E-state index in [2.05, 4.69) is 20.8 Å². The number of rotatable bonds is 5. The number of benzene rings is 1. The fraction of sp³-hybridized carbons (Fsp3) is 0.471. The third-order valence-corrected chi connectivity index (χ3v) is 4.32. The van der Waals surface area contributed by atoms with Gasteiger partial charge in [0.15, 0.2) is 11.9 Å². The topological polar surface area (TPSA) is 119 Å². The van der Waals surface area contributed by atoms with E-state index in [1.807, 2.05) is 19.9 Å². The van der Waals surface area contributed by atoms with Gasteiger partial charge in [-0.3, -0.25) is 4.79 Å². The lowest BCUT2D eigenvalue weighted by Crippen LogP contribution is -2.30. The van der Waals surface area contributed by atoms with Crippen molar-refractivity contribution in [2.24, 2.45) is 5.92 Å². The smallest absolute Gasteiger partial charge is 0.333 e. The minimum absolute atomic E-state index is 0.0968. The van der Waals surface area contributed by atoms with Gasteiger partial charge in [0.25, 0.3) is 5.91 Å². The van der Waals surface area contributed by atoms with E-state index < -0.39 is 18.2 Å². The van der Waals surface area contributed by atoms with Crippen molar-refractivity contribution in [3.63, 3.8) is 0 Å². The highest BCUT2D eigenvalue weighted by molar-refractivity contribution is 5.95. The van der Waals surface area contributed by atoms with Crippen LogP contribution in [-0.2, 0) is 14.3 Å². The molecule has 1 fully saturated rings. The predicted molar refractivity (Wildman–Crippen MR) is 92.3 cm³/mol. The predicted octanol–water partition coefficient (Wildman–Crippen LogP) is 1.74. The van der Waals surface area contributed by atoms with E-state index in [4.69, 9.17) is 9.84 Å². The number of hydrogen-bond donors (Lipinski definition) is 2. The number of carbonyl (C=O) groups is 2. The van der Waals surface area contributed by atoms with Crippen molar-refractivity contribution in [3.8, 4) is 11.4 Å². The Hall–Kier alpha value is -2.81. The van der Waals surface area contributed by atoms with Crippen LogP contribution < -0.4 is 5.32 Å². The molecule has 1 aliphatic rings. The van der Waals surface area contributed by atoms with Crippen molar-refractivity contribution in [2.75, 3.05) is 5.32 Å². The summed E-state index contributed by atoms with van der Waals surface area (Å²) < 4.78 is 7.07. The number of nitrogens with zero attached hydrogens (tertiary/aromatic N) is 4. The van der Waals surface area contributed by atoms with Gasteiger partial charge in [0.2, 0.25) is 0 Å². The van der Waals surface area contributed by atoms with Crippen LogP contribution in [-0.4, -0.2) is 49.4 Å². The molecule has 0 unspecified atom stereocenters. The third-order valence-electron chi connectivity index (χ3n) is 4.32. The molecule has 0 radical (unpaired) electrons. The molecule has 2 N–H and O–H groups in total. The number of amides is 1. The fourth-order valence-corrected chi connectivity index (χ4v) is 2.99. The average molecular weight is 359 g/mol. The molecule has 0 saturated carbocycles. The van der Waals surface area contributed by atoms with Crippen LogP contribution in [0.2, 0.25) is 0 Å². The van der Waals surface area contributed by atoms with Crippen LogP contribution in [0.5, 0.6) is 0 Å². The van der Waals surface area contributed by atoms with Crippen molar-refractivity contribution in [2.45, 2.75) is 45.4 Å². The maximum atomic E-state index is 12.4. The van der Waals surface area contributed by atoms with Gasteiger partial charge in [-0.1, -0.05) is 19.1 Å². The van der Waals surface area contributed by atoms with Crippen LogP contribution in [0.4, 0.5) is 5.69 Å². The van der Waals surface area contributed by atoms with E-state index in [1.54, 1.807) is 29.8 Å². The zero-order chi connectivity index (χ0) is 18.8. The second kappa shape index (κ2) is 7.20. The van der Waals surface area contributed by atoms with Crippen LogP contribution in [0.3, 0.4) is 0 Å². The summed E-state index contributed by atoms with van der Waals surface area (Å²) in [6.45, 7) is 5.71. The molecule has 1 amide bonds. The van der Waals surface area contributed by atoms with E-state index in [-0.39, 0.29) is 17.9 Å². The summed E-state index contributed by atoms with van der Waals surface area (Å²) in [7, 11) is 0. The second-order valence-electron chi connectivity index (χ2n) is 6.71. The zero-order valence-electron chi connectivity index (χ0n) is 14.8. The highest BCUT2D eigenvalue weighted by Gasteiger charge is 2.40. The Morgan fingerprint density at radius 2 is 2.15 bits per heavy atom. The molecule has 1 saturated heterocycles. The molecule has 1 aromatic heterocycles. The lowest BCUT2D eigenvalue weighted by molar-refractivity contribution is -0.152. The summed E-state index contributed by atoms with van der Waals surface area (Å²) in [5, 5.41) is 23.6. The second-order valence-corrected chi connectivity index (χ2v) is 6.71. The number of aromatic nitrogens is 4. The minimum Gasteiger partial charge on any atom is -0.479 e. The lowest BCUT2D eigenvalue weighted by Gasteiger charge is -2.13. The van der Waals surface area contributed by atoms with Gasteiger partial charge in [-0.05, 0) is 48.7 Å². The Balaban J connectivity index is 1.74. The quantitative estimate of drug-likeness (QED) is 0.834. The molecule has 0 aliphatic carbocycles. The average Bonchev–Trinajstić information content (AvgIpc) is 3.21. The highest BCUT2D eigenvalue weighted by atomic mass is 16.5. The first kappa shape index (κ1) is 18.0. The molecule has 1 aliphatic heterocycles. The number of carboxylic acids is 1. The fourth-order valence-electron chi connectivity index (χ4n) is 2.99. The summed E-state index contributed by atoms with van der Waals surface area (Å²) in [5.74, 6) is -1.02. The Kier molecular flexibility index (Phi) is 4.99. The normalized spacial score (nSPS) is 22.5. The molecule has 0 spiro atoms. The largest absolute Gasteiger partial charge is 0.479 e. The molecular weight excluding hydrogens is 338 g/mol. The maximum absolute atomic E-state index is 12.4. The number of carboxylic acid groups (broad SMARTS) is 1. The van der Waals surface area contributed by atoms with Crippen molar-refractivity contribution >= 4 is 17.6 Å². The number of nitrogens with one attached hydrogen (secondary N) is 1. The monoisotopic (exact) mass is 359 g/mol. The number of hydrogen-bond acceptors (Lipinski definition) is 6. The van der Waals surface area contributed by atoms with Crippen LogP contribution in [0.1, 0.15) is 33.2 Å². The highest BCUT2D eigenvalue weighted by Crippen LogP contribution is 2.28. The van der Waals surface area contributed by atoms with Gasteiger partial charge < -0.3 is 15.2 Å². The molecule has 1 aromatic carbocycles. The standard InChI is InChI=1S/C17H21N5O4/c1-9(2)22-15(19-20-21-22)11-5-4-6-12(8-11)18-16(23)13-7-10(3)14(26-13)17(24)25/h4-6,8-10,13-14H,7H2,1-3H3,(H,18,23)(H,24,25)/t10-,13-,14-/m0/s1. The summed E-state index contributed by atoms with van der Waals surface area (Å²) in [5.41, 5.74) is 1.34. The van der Waals surface area contributed by atoms with Gasteiger partial charge in [-0.2, -0.15) is 0 Å². The first-order chi connectivity index (χ1) is 12.4. The van der Waals surface area contributed by atoms with Crippen LogP contribution in [0.15, 0.2) is 24.3 Å². The Morgan fingerprint density at radius 1 is 1.38 bits per heavy atom. The molecule has 138 valence electrons. The maximum Gasteiger partial charge on any atom is 0.333 e. The van der Waals surface area contributed by atoms with Crippen molar-refractivity contribution in [3.05, 3.63) is 24.3 Å². The van der Waals surface area contributed by atoms with Crippen LogP contribution in [0, 0.1) is 5.92 Å². The molecule has 3 atom stereocenters. The van der Waals surface area contributed by atoms with Gasteiger partial charge >= 0.3 is 5.97 Å². The van der Waals surface area contributed by atoms with Gasteiger partial charge in [-0.15, -0.1) is 5.10 Å². The van der Waals surface area contributed by atoms with Crippen molar-refractivity contribution < 1.29 is 19.4 Å². The molecule has 3 rings (SSSR count). The summed E-state index contributed by atoms with van der Waals surface area (Å²) in [6, 6.07) is 7.27. The molecule has 2 heterocycles. The van der Waals surface area contributed by atoms with E-state index in [0.29, 0.717) is 17.9 Å². The zero-order valence-corrected chi connectivity index (χ0v) is 14.8. The number of tetrazole rings is 1. The van der Waals surface area contributed by atoms with E-state index in [9.17, 15) is 9.59 Å². The SMILES string of the molecule is CC(C)n1nnnc1-c1cccc(NC(=O)[C@@H]2C[C@H](C)[C@@H](C(=O)O)O2)c1. The number of aliphatic carboxylic acids is 1. The number of ether oxygens (including phenoxy) is 1. The van der Waals surface area contributed by atoms with Gasteiger partial charge in [0.1, 0.15) is 6.10 Å². The molecule has 2 aromatic rings. The Bertz CT molecular complexity index is 819. The number of anilines is 1. The first-order valence-corrected chi connectivity index (χ1v) is 8.44. The first-order valence-electron chi connectivity index (χ1n) is 8.44. The Morgan fingerprint density at radius 3 is 2.81 bits per heavy atom. The Labute approximate surface area is 150 Å². The molecule has 9 nitrogen and oxygen atoms in total. The minimum atomic E-state index is -1.05. The number of carbonyl (C=O) groups excluding carboxylic acids is 1.